The zero-order valence-corrected chi connectivity index (χ0v) is 31.6. The molecule has 4 fully saturated rings. The molecule has 1 aliphatic heterocycles. The number of benzene rings is 1. The highest BCUT2D eigenvalue weighted by atomic mass is 32.2. The first-order chi connectivity index (χ1) is 22.9. The highest BCUT2D eigenvalue weighted by Gasteiger charge is 2.60. The van der Waals surface area contributed by atoms with Gasteiger partial charge in [0.15, 0.2) is 6.29 Å². The van der Waals surface area contributed by atoms with E-state index in [-0.39, 0.29) is 12.7 Å². The smallest absolute Gasteiger partial charge is 0.209 e. The van der Waals surface area contributed by atoms with Crippen LogP contribution >= 0.6 is 0 Å². The van der Waals surface area contributed by atoms with Crippen molar-refractivity contribution < 1.29 is 22.6 Å². The maximum Gasteiger partial charge on any atom is 0.209 e. The summed E-state index contributed by atoms with van der Waals surface area (Å²) >= 11 is 0. The van der Waals surface area contributed by atoms with E-state index in [1.165, 1.54) is 70.5 Å². The van der Waals surface area contributed by atoms with Gasteiger partial charge in [-0.1, -0.05) is 90.3 Å². The number of ether oxygens (including phenoxy) is 3. The molecule has 0 bridgehead atoms. The van der Waals surface area contributed by atoms with E-state index in [1.54, 1.807) is 0 Å². The van der Waals surface area contributed by atoms with Crippen LogP contribution in [0.4, 0.5) is 0 Å². The third-order valence-electron chi connectivity index (χ3n) is 14.1. The Hall–Kier alpha value is -1.25. The lowest BCUT2D eigenvalue weighted by Gasteiger charge is -2.61. The lowest BCUT2D eigenvalue weighted by Crippen LogP contribution is -2.54. The molecule has 0 radical (unpaired) electrons. The molecule has 6 rings (SSSR count). The van der Waals surface area contributed by atoms with Crippen LogP contribution in [-0.4, -0.2) is 45.8 Å². The Morgan fingerprint density at radius 1 is 0.917 bits per heavy atom. The molecule has 7 heteroatoms. The summed E-state index contributed by atoms with van der Waals surface area (Å²) in [6.45, 7) is 13.4. The summed E-state index contributed by atoms with van der Waals surface area (Å²) in [5, 5.41) is 0. The normalized spacial score (nSPS) is 40.3. The highest BCUT2D eigenvalue weighted by molar-refractivity contribution is 7.88. The van der Waals surface area contributed by atoms with Gasteiger partial charge in [-0.15, -0.1) is 0 Å². The lowest BCUT2D eigenvalue weighted by atomic mass is 9.44. The topological polar surface area (TPSA) is 73.9 Å². The molecule has 4 aliphatic carbocycles. The van der Waals surface area contributed by atoms with Crippen LogP contribution in [-0.2, 0) is 30.8 Å². The van der Waals surface area contributed by atoms with Crippen molar-refractivity contribution in [2.24, 2.45) is 52.3 Å². The first-order valence-electron chi connectivity index (χ1n) is 19.4. The van der Waals surface area contributed by atoms with Crippen LogP contribution in [0.1, 0.15) is 117 Å². The molecule has 0 saturated heterocycles. The molecule has 0 unspecified atom stereocenters. The lowest BCUT2D eigenvalue weighted by molar-refractivity contribution is -0.209. The summed E-state index contributed by atoms with van der Waals surface area (Å²) in [7, 11) is -3.41. The van der Waals surface area contributed by atoms with Gasteiger partial charge in [0.25, 0.3) is 0 Å². The van der Waals surface area contributed by atoms with Gasteiger partial charge >= 0.3 is 0 Å². The molecule has 270 valence electrons. The van der Waals surface area contributed by atoms with Gasteiger partial charge in [0.2, 0.25) is 10.0 Å². The Morgan fingerprint density at radius 2 is 1.67 bits per heavy atom. The monoisotopic (exact) mass is 683 g/mol. The van der Waals surface area contributed by atoms with Crippen molar-refractivity contribution in [3.05, 3.63) is 48.0 Å². The van der Waals surface area contributed by atoms with Crippen LogP contribution in [0.25, 0.3) is 0 Å². The summed E-state index contributed by atoms with van der Waals surface area (Å²) in [4.78, 5) is 0. The average Bonchev–Trinajstić information content (AvgIpc) is 3.39. The van der Waals surface area contributed by atoms with Gasteiger partial charge in [0.05, 0.1) is 31.6 Å². The van der Waals surface area contributed by atoms with Crippen LogP contribution in [0.15, 0.2) is 42.5 Å². The quantitative estimate of drug-likeness (QED) is 0.210. The van der Waals surface area contributed by atoms with Crippen molar-refractivity contribution in [2.45, 2.75) is 143 Å². The van der Waals surface area contributed by atoms with Crippen LogP contribution in [0.2, 0.25) is 0 Å². The molecule has 1 aromatic rings. The molecular weight excluding hydrogens is 619 g/mol. The van der Waals surface area contributed by atoms with Crippen molar-refractivity contribution in [2.75, 3.05) is 12.9 Å². The largest absolute Gasteiger partial charge is 0.374 e. The number of nitrogens with one attached hydrogen (secondary N) is 1. The number of fused-ring (bicyclic) bond motifs is 5. The summed E-state index contributed by atoms with van der Waals surface area (Å²) in [5.74, 6) is 5.95. The minimum absolute atomic E-state index is 0.163. The second-order valence-electron chi connectivity index (χ2n) is 17.6. The second kappa shape index (κ2) is 15.2. The van der Waals surface area contributed by atoms with E-state index in [4.69, 9.17) is 14.2 Å². The van der Waals surface area contributed by atoms with E-state index in [0.717, 1.165) is 53.9 Å². The van der Waals surface area contributed by atoms with Gasteiger partial charge in [-0.2, -0.15) is 0 Å². The predicted molar refractivity (Wildman–Crippen MR) is 194 cm³/mol. The van der Waals surface area contributed by atoms with Crippen LogP contribution in [0.5, 0.6) is 0 Å². The Kier molecular flexibility index (Phi) is 11.5. The zero-order chi connectivity index (χ0) is 34.1. The molecule has 6 nitrogen and oxygen atoms in total. The number of rotatable bonds is 13. The molecule has 4 saturated carbocycles. The molecule has 1 aromatic carbocycles. The Balaban J connectivity index is 1.05. The minimum atomic E-state index is -3.41. The van der Waals surface area contributed by atoms with Gasteiger partial charge in [0, 0.05) is 0 Å². The molecule has 0 spiro atoms. The molecule has 1 heterocycles. The van der Waals surface area contributed by atoms with Crippen molar-refractivity contribution in [3.8, 4) is 0 Å². The molecule has 0 aromatic heterocycles. The third-order valence-corrected chi connectivity index (χ3v) is 14.8. The third kappa shape index (κ3) is 8.11. The maximum absolute atomic E-state index is 12.1. The first-order valence-corrected chi connectivity index (χ1v) is 21.3. The van der Waals surface area contributed by atoms with E-state index in [2.05, 4.69) is 39.3 Å². The van der Waals surface area contributed by atoms with Crippen LogP contribution in [0, 0.1) is 52.3 Å². The first kappa shape index (κ1) is 36.5. The summed E-state index contributed by atoms with van der Waals surface area (Å²) < 4.78 is 46.0. The van der Waals surface area contributed by atoms with Crippen molar-refractivity contribution in [1.29, 1.82) is 0 Å². The van der Waals surface area contributed by atoms with Gasteiger partial charge < -0.3 is 14.2 Å². The van der Waals surface area contributed by atoms with E-state index in [1.807, 2.05) is 42.5 Å². The minimum Gasteiger partial charge on any atom is -0.374 e. The van der Waals surface area contributed by atoms with Gasteiger partial charge in [-0.25, -0.2) is 13.1 Å². The highest BCUT2D eigenvalue weighted by Crippen LogP contribution is 2.68. The van der Waals surface area contributed by atoms with E-state index < -0.39 is 28.5 Å². The van der Waals surface area contributed by atoms with E-state index in [9.17, 15) is 8.42 Å². The number of hydrogen-bond donors (Lipinski definition) is 1. The predicted octanol–water partition coefficient (Wildman–Crippen LogP) is 8.91. The van der Waals surface area contributed by atoms with Gasteiger partial charge in [0.1, 0.15) is 6.10 Å². The zero-order valence-electron chi connectivity index (χ0n) is 30.7. The number of hydrogen-bond acceptors (Lipinski definition) is 5. The molecule has 0 amide bonds. The SMILES string of the molecule is CC(C)CCC[C@@H](C)[C@H]1CC[C@H]2[C@@H]3CC[C@H]4C[C@@H](O[C@@H]5C=C[C@@H](NS(C)(=O)=O)[C@@H](COCc6ccccc6)O5)CC[C@]4(C)[C@H]3CC[C@]12C. The molecule has 48 heavy (non-hydrogen) atoms. The number of sulfonamides is 1. The Morgan fingerprint density at radius 3 is 2.42 bits per heavy atom. The van der Waals surface area contributed by atoms with Crippen LogP contribution < -0.4 is 4.72 Å². The fraction of sp³-hybridized carbons (Fsp3) is 0.805. The summed E-state index contributed by atoms with van der Waals surface area (Å²) in [6.07, 6.45) is 20.3. The van der Waals surface area contributed by atoms with Gasteiger partial charge in [-0.3, -0.25) is 0 Å². The molecule has 12 atom stereocenters. The van der Waals surface area contributed by atoms with Crippen molar-refractivity contribution in [3.63, 3.8) is 0 Å². The molecular formula is C41H65NO5S. The van der Waals surface area contributed by atoms with E-state index >= 15 is 0 Å². The second-order valence-corrected chi connectivity index (χ2v) is 19.3. The summed E-state index contributed by atoms with van der Waals surface area (Å²) in [6, 6.07) is 9.52. The molecule has 5 aliphatic rings. The van der Waals surface area contributed by atoms with E-state index in [0.29, 0.717) is 23.4 Å². The Bertz CT molecular complexity index is 1330. The molecule has 1 N–H and O–H groups in total. The maximum atomic E-state index is 12.1. The van der Waals surface area contributed by atoms with Crippen molar-refractivity contribution >= 4 is 10.0 Å². The fourth-order valence-corrected chi connectivity index (χ4v) is 12.4. The van der Waals surface area contributed by atoms with Gasteiger partial charge in [-0.05, 0) is 122 Å². The van der Waals surface area contributed by atoms with Crippen molar-refractivity contribution in [1.82, 2.24) is 4.72 Å². The standard InChI is InChI=1S/C41H65NO5S/c1-28(2)11-10-12-29(3)34-17-18-35-33-16-15-31-25-32(21-23-40(31,4)36(33)22-24-41(34,35)5)46-39-20-19-37(42-48(6,43)44)38(47-39)27-45-26-30-13-8-7-9-14-30/h7-9,13-14,19-20,28-29,31-39,42H,10-12,15-18,21-27H2,1-6H3/t29-,31+,32+,33+,34-,35+,36+,37-,38-,39+,40+,41-/m1/s1. The van der Waals surface area contributed by atoms with Crippen LogP contribution in [0.3, 0.4) is 0 Å². The average molecular weight is 684 g/mol. The summed E-state index contributed by atoms with van der Waals surface area (Å²) in [5.41, 5.74) is 2.02. The fourth-order valence-electron chi connectivity index (χ4n) is 11.6. The Labute approximate surface area is 292 Å².